The van der Waals surface area contributed by atoms with E-state index in [4.69, 9.17) is 9.47 Å². The second-order valence-electron chi connectivity index (χ2n) is 8.97. The van der Waals surface area contributed by atoms with Crippen LogP contribution in [0.4, 0.5) is 0 Å². The van der Waals surface area contributed by atoms with E-state index in [1.807, 2.05) is 32.0 Å². The molecule has 0 saturated carbocycles. The summed E-state index contributed by atoms with van der Waals surface area (Å²) in [5.41, 5.74) is 1.15. The standard InChI is InChI=1S/C22H22N2O4/c1-20-8-9-22(28-20)17-16-13(12-6-4-5-7-14(12)23-16)10-15(18(25)27-3)24(17)19(26)21(22,2)11-20/h4-9,15,17,23H,10-11H2,1-3H3/t15-,17-,20+,21-,22+/m0/s1. The molecule has 1 aromatic heterocycles. The van der Waals surface area contributed by atoms with Gasteiger partial charge in [0.05, 0.1) is 18.1 Å². The Morgan fingerprint density at radius 2 is 2.07 bits per heavy atom. The van der Waals surface area contributed by atoms with E-state index in [0.717, 1.165) is 22.2 Å². The summed E-state index contributed by atoms with van der Waals surface area (Å²) in [4.78, 5) is 31.7. The highest BCUT2D eigenvalue weighted by Gasteiger charge is 2.77. The van der Waals surface area contributed by atoms with Crippen molar-refractivity contribution in [1.82, 2.24) is 9.88 Å². The zero-order valence-corrected chi connectivity index (χ0v) is 16.1. The van der Waals surface area contributed by atoms with Crippen molar-refractivity contribution < 1.29 is 19.1 Å². The van der Waals surface area contributed by atoms with Crippen molar-refractivity contribution in [2.24, 2.45) is 5.41 Å². The molecule has 2 aromatic rings. The van der Waals surface area contributed by atoms with Crippen LogP contribution in [0.15, 0.2) is 36.4 Å². The molecule has 1 spiro atoms. The lowest BCUT2D eigenvalue weighted by Crippen LogP contribution is -2.51. The minimum atomic E-state index is -0.777. The van der Waals surface area contributed by atoms with E-state index < -0.39 is 22.7 Å². The summed E-state index contributed by atoms with van der Waals surface area (Å²) < 4.78 is 11.7. The highest BCUT2D eigenvalue weighted by molar-refractivity contribution is 5.96. The zero-order valence-electron chi connectivity index (χ0n) is 16.1. The number of nitrogens with one attached hydrogen (secondary N) is 1. The van der Waals surface area contributed by atoms with Gasteiger partial charge in [0, 0.05) is 23.0 Å². The van der Waals surface area contributed by atoms with Crippen LogP contribution in [0.3, 0.4) is 0 Å². The van der Waals surface area contributed by atoms with Gasteiger partial charge in [-0.05, 0) is 31.9 Å². The van der Waals surface area contributed by atoms with Gasteiger partial charge in [-0.2, -0.15) is 0 Å². The maximum atomic E-state index is 13.7. The van der Waals surface area contributed by atoms with Gasteiger partial charge < -0.3 is 19.4 Å². The van der Waals surface area contributed by atoms with Gasteiger partial charge in [0.15, 0.2) is 0 Å². The lowest BCUT2D eigenvalue weighted by Gasteiger charge is -2.41. The van der Waals surface area contributed by atoms with Crippen molar-refractivity contribution in [3.05, 3.63) is 47.7 Å². The number of esters is 1. The monoisotopic (exact) mass is 378 g/mol. The molecule has 0 radical (unpaired) electrons. The first kappa shape index (κ1) is 16.4. The zero-order chi connectivity index (χ0) is 19.5. The molecule has 1 N–H and O–H groups in total. The Labute approximate surface area is 162 Å². The fourth-order valence-corrected chi connectivity index (χ4v) is 6.26. The SMILES string of the molecule is COC(=O)[C@@H]1Cc2c([nH]c3ccccc23)[C@@H]2N1C(=O)[C@]1(C)C[C@@]3(C)C=C[C@@]21O3. The number of hydrogen-bond acceptors (Lipinski definition) is 4. The summed E-state index contributed by atoms with van der Waals surface area (Å²) >= 11 is 0. The third-order valence-electron chi connectivity index (χ3n) is 7.37. The third kappa shape index (κ3) is 1.57. The number of amides is 1. The van der Waals surface area contributed by atoms with Crippen LogP contribution in [0.25, 0.3) is 10.9 Å². The Balaban J connectivity index is 1.65. The number of H-pyrrole nitrogens is 1. The van der Waals surface area contributed by atoms with E-state index in [1.54, 1.807) is 4.90 Å². The molecule has 28 heavy (non-hydrogen) atoms. The van der Waals surface area contributed by atoms with Gasteiger partial charge in [-0.3, -0.25) is 4.79 Å². The van der Waals surface area contributed by atoms with Crippen molar-refractivity contribution >= 4 is 22.8 Å². The fraction of sp³-hybridized carbons (Fsp3) is 0.455. The van der Waals surface area contributed by atoms with Crippen molar-refractivity contribution in [3.63, 3.8) is 0 Å². The minimum Gasteiger partial charge on any atom is -0.467 e. The first-order valence-electron chi connectivity index (χ1n) is 9.74. The van der Waals surface area contributed by atoms with Crippen LogP contribution in [0, 0.1) is 5.41 Å². The Kier molecular flexibility index (Phi) is 2.74. The Hall–Kier alpha value is -2.60. The predicted octanol–water partition coefficient (Wildman–Crippen LogP) is 2.64. The fourth-order valence-electron chi connectivity index (χ4n) is 6.26. The van der Waals surface area contributed by atoms with Crippen LogP contribution in [0.1, 0.15) is 37.6 Å². The highest BCUT2D eigenvalue weighted by atomic mass is 16.5. The van der Waals surface area contributed by atoms with Gasteiger partial charge >= 0.3 is 5.97 Å². The van der Waals surface area contributed by atoms with Crippen LogP contribution in [-0.2, 0) is 25.5 Å². The molecule has 2 fully saturated rings. The van der Waals surface area contributed by atoms with Crippen LogP contribution in [-0.4, -0.2) is 46.1 Å². The summed E-state index contributed by atoms with van der Waals surface area (Å²) in [6.07, 6.45) is 5.21. The number of aromatic amines is 1. The number of rotatable bonds is 1. The number of hydrogen-bond donors (Lipinski definition) is 1. The normalized spacial score (nSPS) is 40.0. The van der Waals surface area contributed by atoms with Gasteiger partial charge in [0.25, 0.3) is 0 Å². The average molecular weight is 378 g/mol. The number of carbonyl (C=O) groups excluding carboxylic acids is 2. The number of para-hydroxylation sites is 1. The molecule has 6 nitrogen and oxygen atoms in total. The van der Waals surface area contributed by atoms with E-state index in [9.17, 15) is 9.59 Å². The third-order valence-corrected chi connectivity index (χ3v) is 7.37. The second kappa shape index (κ2) is 4.69. The largest absolute Gasteiger partial charge is 0.467 e. The van der Waals surface area contributed by atoms with Crippen molar-refractivity contribution in [1.29, 1.82) is 0 Å². The molecule has 144 valence electrons. The number of nitrogens with zero attached hydrogens (tertiary/aromatic N) is 1. The maximum Gasteiger partial charge on any atom is 0.328 e. The van der Waals surface area contributed by atoms with Gasteiger partial charge in [0.2, 0.25) is 5.91 Å². The first-order valence-corrected chi connectivity index (χ1v) is 9.74. The van der Waals surface area contributed by atoms with E-state index in [-0.39, 0.29) is 17.9 Å². The van der Waals surface area contributed by atoms with E-state index in [1.165, 1.54) is 7.11 Å². The molecule has 4 aliphatic rings. The molecule has 0 aliphatic carbocycles. The molecule has 2 bridgehead atoms. The summed E-state index contributed by atoms with van der Waals surface area (Å²) in [6.45, 7) is 4.02. The molecule has 6 rings (SSSR count). The lowest BCUT2D eigenvalue weighted by atomic mass is 9.66. The molecule has 5 heterocycles. The molecular formula is C22H22N2O4. The summed E-state index contributed by atoms with van der Waals surface area (Å²) in [6, 6.07) is 7.06. The molecule has 4 aliphatic heterocycles. The van der Waals surface area contributed by atoms with E-state index in [2.05, 4.69) is 23.2 Å². The predicted molar refractivity (Wildman–Crippen MR) is 101 cm³/mol. The van der Waals surface area contributed by atoms with Crippen molar-refractivity contribution in [2.75, 3.05) is 7.11 Å². The van der Waals surface area contributed by atoms with Crippen LogP contribution in [0.2, 0.25) is 0 Å². The minimum absolute atomic E-state index is 0.0229. The number of benzene rings is 1. The average Bonchev–Trinajstić information content (AvgIpc) is 3.34. The second-order valence-corrected chi connectivity index (χ2v) is 8.97. The highest BCUT2D eigenvalue weighted by Crippen LogP contribution is 2.68. The lowest BCUT2D eigenvalue weighted by molar-refractivity contribution is -0.156. The summed E-state index contributed by atoms with van der Waals surface area (Å²) in [5.74, 6) is -0.399. The number of carbonyl (C=O) groups is 2. The molecule has 5 atom stereocenters. The number of fused-ring (bicyclic) bond motifs is 6. The topological polar surface area (TPSA) is 71.6 Å². The Morgan fingerprint density at radius 3 is 2.82 bits per heavy atom. The van der Waals surface area contributed by atoms with Crippen LogP contribution >= 0.6 is 0 Å². The number of aromatic nitrogens is 1. The number of ether oxygens (including phenoxy) is 2. The Bertz CT molecular complexity index is 1100. The molecule has 1 aromatic carbocycles. The van der Waals surface area contributed by atoms with Crippen molar-refractivity contribution in [3.8, 4) is 0 Å². The van der Waals surface area contributed by atoms with E-state index >= 15 is 0 Å². The summed E-state index contributed by atoms with van der Waals surface area (Å²) in [5, 5.41) is 1.09. The smallest absolute Gasteiger partial charge is 0.328 e. The first-order chi connectivity index (χ1) is 13.3. The quantitative estimate of drug-likeness (QED) is 0.612. The van der Waals surface area contributed by atoms with Gasteiger partial charge in [-0.15, -0.1) is 0 Å². The molecule has 1 amide bonds. The van der Waals surface area contributed by atoms with Gasteiger partial charge in [0.1, 0.15) is 17.7 Å². The van der Waals surface area contributed by atoms with Gasteiger partial charge in [-0.1, -0.05) is 30.4 Å². The maximum absolute atomic E-state index is 13.7. The van der Waals surface area contributed by atoms with Gasteiger partial charge in [-0.25, -0.2) is 4.79 Å². The van der Waals surface area contributed by atoms with Crippen LogP contribution < -0.4 is 0 Å². The number of methoxy groups -OCH3 is 1. The van der Waals surface area contributed by atoms with Crippen LogP contribution in [0.5, 0.6) is 0 Å². The molecule has 2 saturated heterocycles. The Morgan fingerprint density at radius 1 is 1.29 bits per heavy atom. The molecule has 0 unspecified atom stereocenters. The molecular weight excluding hydrogens is 356 g/mol. The van der Waals surface area contributed by atoms with E-state index in [0.29, 0.717) is 12.8 Å². The summed E-state index contributed by atoms with van der Waals surface area (Å²) in [7, 11) is 1.38. The molecule has 6 heteroatoms. The van der Waals surface area contributed by atoms with Crippen molar-refractivity contribution in [2.45, 2.75) is 50.0 Å².